The van der Waals surface area contributed by atoms with Crippen molar-refractivity contribution >= 4 is 0 Å². The molecule has 0 amide bonds. The summed E-state index contributed by atoms with van der Waals surface area (Å²) in [6.45, 7) is 10.6. The zero-order chi connectivity index (χ0) is 15.9. The molecule has 0 fully saturated rings. The summed E-state index contributed by atoms with van der Waals surface area (Å²) in [6, 6.07) is 0. The molecule has 126 valence electrons. The van der Waals surface area contributed by atoms with E-state index in [4.69, 9.17) is 0 Å². The molecule has 1 heteroatoms. The number of allylic oxidation sites excluding steroid dienone is 1. The van der Waals surface area contributed by atoms with Crippen molar-refractivity contribution in [3.8, 4) is 0 Å². The molecule has 0 bridgehead atoms. The highest BCUT2D eigenvalue weighted by Crippen LogP contribution is 2.21. The van der Waals surface area contributed by atoms with E-state index in [1.165, 1.54) is 64.2 Å². The average Bonchev–Trinajstić information content (AvgIpc) is 2.43. The van der Waals surface area contributed by atoms with E-state index in [0.29, 0.717) is 11.8 Å². The Bertz CT molecular complexity index is 224. The van der Waals surface area contributed by atoms with Crippen molar-refractivity contribution in [3.05, 3.63) is 12.7 Å². The number of hydrogen-bond acceptors (Lipinski definition) is 1. The molecule has 0 aliphatic rings. The Kier molecular flexibility index (Phi) is 14.4. The van der Waals surface area contributed by atoms with Crippen molar-refractivity contribution in [1.29, 1.82) is 0 Å². The second-order valence-corrected chi connectivity index (χ2v) is 7.11. The molecule has 1 unspecified atom stereocenters. The van der Waals surface area contributed by atoms with Crippen molar-refractivity contribution in [3.63, 3.8) is 0 Å². The lowest BCUT2D eigenvalue weighted by Gasteiger charge is -2.19. The van der Waals surface area contributed by atoms with Gasteiger partial charge in [0.25, 0.3) is 0 Å². The predicted octanol–water partition coefficient (Wildman–Crippen LogP) is 6.51. The molecule has 0 aromatic rings. The van der Waals surface area contributed by atoms with Crippen LogP contribution >= 0.6 is 0 Å². The topological polar surface area (TPSA) is 20.2 Å². The molecule has 0 saturated carbocycles. The standard InChI is InChI=1S/C20H40O/c1-5-7-9-10-11-12-13-15-19(4)17-20(21)16-18(3)14-8-6-2/h5,18-21H,1,6-17H2,2-4H3/t18-,19+,20?/m1/s1. The first-order valence-electron chi connectivity index (χ1n) is 9.39. The molecule has 0 radical (unpaired) electrons. The molecule has 1 nitrogen and oxygen atoms in total. The van der Waals surface area contributed by atoms with Gasteiger partial charge >= 0.3 is 0 Å². The largest absolute Gasteiger partial charge is 0.393 e. The van der Waals surface area contributed by atoms with Crippen LogP contribution in [-0.4, -0.2) is 11.2 Å². The average molecular weight is 297 g/mol. The molecular formula is C20H40O. The first-order chi connectivity index (χ1) is 10.1. The van der Waals surface area contributed by atoms with E-state index in [2.05, 4.69) is 27.4 Å². The van der Waals surface area contributed by atoms with Crippen LogP contribution in [0.25, 0.3) is 0 Å². The quantitative estimate of drug-likeness (QED) is 0.270. The first kappa shape index (κ1) is 20.7. The van der Waals surface area contributed by atoms with Gasteiger partial charge in [-0.15, -0.1) is 6.58 Å². The van der Waals surface area contributed by atoms with Crippen molar-refractivity contribution in [2.45, 2.75) is 104 Å². The van der Waals surface area contributed by atoms with Gasteiger partial charge < -0.3 is 5.11 Å². The second kappa shape index (κ2) is 14.6. The van der Waals surface area contributed by atoms with E-state index in [-0.39, 0.29) is 6.10 Å². The zero-order valence-electron chi connectivity index (χ0n) is 14.9. The predicted molar refractivity (Wildman–Crippen MR) is 95.6 cm³/mol. The SMILES string of the molecule is C=CCCCCCCC[C@H](C)CC(O)C[C@H](C)CCCC. The number of unbranched alkanes of at least 4 members (excludes halogenated alkanes) is 6. The van der Waals surface area contributed by atoms with Crippen LogP contribution < -0.4 is 0 Å². The highest BCUT2D eigenvalue weighted by molar-refractivity contribution is 4.67. The number of aliphatic hydroxyl groups excluding tert-OH is 1. The normalized spacial score (nSPS) is 15.6. The number of hydrogen-bond donors (Lipinski definition) is 1. The molecular weight excluding hydrogens is 256 g/mol. The minimum Gasteiger partial charge on any atom is -0.393 e. The molecule has 0 heterocycles. The summed E-state index contributed by atoms with van der Waals surface area (Å²) < 4.78 is 0. The fourth-order valence-corrected chi connectivity index (χ4v) is 3.13. The van der Waals surface area contributed by atoms with E-state index >= 15 is 0 Å². The molecule has 0 aliphatic heterocycles. The minimum atomic E-state index is -0.0838. The van der Waals surface area contributed by atoms with E-state index < -0.39 is 0 Å². The third kappa shape index (κ3) is 14.4. The van der Waals surface area contributed by atoms with Crippen molar-refractivity contribution < 1.29 is 5.11 Å². The maximum Gasteiger partial charge on any atom is 0.0545 e. The minimum absolute atomic E-state index is 0.0838. The fourth-order valence-electron chi connectivity index (χ4n) is 3.13. The summed E-state index contributed by atoms with van der Waals surface area (Å²) in [6.07, 6.45) is 16.9. The van der Waals surface area contributed by atoms with Gasteiger partial charge in [-0.25, -0.2) is 0 Å². The summed E-state index contributed by atoms with van der Waals surface area (Å²) in [5.74, 6) is 1.35. The summed E-state index contributed by atoms with van der Waals surface area (Å²) in [5.41, 5.74) is 0. The zero-order valence-corrected chi connectivity index (χ0v) is 14.9. The van der Waals surface area contributed by atoms with Gasteiger partial charge in [-0.05, 0) is 37.5 Å². The molecule has 21 heavy (non-hydrogen) atoms. The Balaban J connectivity index is 3.50. The maximum atomic E-state index is 10.2. The smallest absolute Gasteiger partial charge is 0.0545 e. The molecule has 0 aromatic carbocycles. The third-order valence-corrected chi connectivity index (χ3v) is 4.50. The Morgan fingerprint density at radius 1 is 0.857 bits per heavy atom. The number of aliphatic hydroxyl groups is 1. The van der Waals surface area contributed by atoms with E-state index in [1.807, 2.05) is 6.08 Å². The molecule has 0 aliphatic carbocycles. The monoisotopic (exact) mass is 296 g/mol. The Morgan fingerprint density at radius 2 is 1.38 bits per heavy atom. The van der Waals surface area contributed by atoms with Crippen LogP contribution in [0.5, 0.6) is 0 Å². The molecule has 3 atom stereocenters. The van der Waals surface area contributed by atoms with Crippen LogP contribution in [-0.2, 0) is 0 Å². The number of rotatable bonds is 15. The van der Waals surface area contributed by atoms with Crippen LogP contribution in [0, 0.1) is 11.8 Å². The van der Waals surface area contributed by atoms with Gasteiger partial charge in [0.1, 0.15) is 0 Å². The van der Waals surface area contributed by atoms with Crippen molar-refractivity contribution in [2.75, 3.05) is 0 Å². The van der Waals surface area contributed by atoms with Crippen molar-refractivity contribution in [1.82, 2.24) is 0 Å². The lowest BCUT2D eigenvalue weighted by atomic mass is 9.90. The van der Waals surface area contributed by atoms with Gasteiger partial charge in [-0.1, -0.05) is 78.2 Å². The van der Waals surface area contributed by atoms with Gasteiger partial charge in [0.15, 0.2) is 0 Å². The first-order valence-corrected chi connectivity index (χ1v) is 9.39. The van der Waals surface area contributed by atoms with Crippen LogP contribution in [0.1, 0.15) is 97.8 Å². The van der Waals surface area contributed by atoms with Gasteiger partial charge in [-0.2, -0.15) is 0 Å². The molecule has 0 spiro atoms. The molecule has 0 saturated heterocycles. The lowest BCUT2D eigenvalue weighted by molar-refractivity contribution is 0.115. The fraction of sp³-hybridized carbons (Fsp3) is 0.900. The highest BCUT2D eigenvalue weighted by atomic mass is 16.3. The molecule has 0 aromatic heterocycles. The van der Waals surface area contributed by atoms with E-state index in [0.717, 1.165) is 12.8 Å². The van der Waals surface area contributed by atoms with E-state index in [1.54, 1.807) is 0 Å². The van der Waals surface area contributed by atoms with Gasteiger partial charge in [0.05, 0.1) is 6.10 Å². The van der Waals surface area contributed by atoms with Gasteiger partial charge in [0, 0.05) is 0 Å². The van der Waals surface area contributed by atoms with E-state index in [9.17, 15) is 5.11 Å². The Labute approximate surface area is 134 Å². The van der Waals surface area contributed by atoms with Crippen LogP contribution in [0.15, 0.2) is 12.7 Å². The Hall–Kier alpha value is -0.300. The molecule has 0 rings (SSSR count). The van der Waals surface area contributed by atoms with Crippen LogP contribution in [0.2, 0.25) is 0 Å². The van der Waals surface area contributed by atoms with Crippen LogP contribution in [0.3, 0.4) is 0 Å². The van der Waals surface area contributed by atoms with Crippen molar-refractivity contribution in [2.24, 2.45) is 11.8 Å². The van der Waals surface area contributed by atoms with Gasteiger partial charge in [0.2, 0.25) is 0 Å². The summed E-state index contributed by atoms with van der Waals surface area (Å²) in [5, 5.41) is 10.2. The molecule has 1 N–H and O–H groups in total. The summed E-state index contributed by atoms with van der Waals surface area (Å²) in [4.78, 5) is 0. The summed E-state index contributed by atoms with van der Waals surface area (Å²) >= 11 is 0. The maximum absolute atomic E-state index is 10.2. The highest BCUT2D eigenvalue weighted by Gasteiger charge is 2.13. The second-order valence-electron chi connectivity index (χ2n) is 7.11. The van der Waals surface area contributed by atoms with Gasteiger partial charge in [-0.3, -0.25) is 0 Å². The summed E-state index contributed by atoms with van der Waals surface area (Å²) in [7, 11) is 0. The Morgan fingerprint density at radius 3 is 1.95 bits per heavy atom. The van der Waals surface area contributed by atoms with Crippen LogP contribution in [0.4, 0.5) is 0 Å². The lowest BCUT2D eigenvalue weighted by Crippen LogP contribution is -2.15. The third-order valence-electron chi connectivity index (χ3n) is 4.50.